The Morgan fingerprint density at radius 1 is 1.05 bits per heavy atom. The number of anilines is 1. The number of nitrogens with one attached hydrogen (secondary N) is 1. The van der Waals surface area contributed by atoms with E-state index < -0.39 is 47.3 Å². The zero-order valence-electron chi connectivity index (χ0n) is 20.8. The van der Waals surface area contributed by atoms with E-state index in [2.05, 4.69) is 5.32 Å². The molecule has 0 aromatic heterocycles. The van der Waals surface area contributed by atoms with Crippen LogP contribution in [-0.2, 0) is 39.1 Å². The van der Waals surface area contributed by atoms with Crippen LogP contribution in [0.3, 0.4) is 0 Å². The Labute approximate surface area is 222 Å². The highest BCUT2D eigenvalue weighted by Crippen LogP contribution is 2.46. The first-order valence-corrected chi connectivity index (χ1v) is 12.0. The second-order valence-electron chi connectivity index (χ2n) is 8.99. The Bertz CT molecular complexity index is 1360. The fourth-order valence-electron chi connectivity index (χ4n) is 4.31. The summed E-state index contributed by atoms with van der Waals surface area (Å²) in [5.74, 6) is -2.30. The van der Waals surface area contributed by atoms with Crippen molar-refractivity contribution in [1.82, 2.24) is 5.32 Å². The summed E-state index contributed by atoms with van der Waals surface area (Å²) in [4.78, 5) is 38.5. The fourth-order valence-corrected chi connectivity index (χ4v) is 4.31. The molecule has 204 valence electrons. The van der Waals surface area contributed by atoms with E-state index in [1.165, 1.54) is 11.8 Å². The molecule has 0 bridgehead atoms. The van der Waals surface area contributed by atoms with Gasteiger partial charge in [-0.1, -0.05) is 60.7 Å². The van der Waals surface area contributed by atoms with Gasteiger partial charge in [0.15, 0.2) is 0 Å². The van der Waals surface area contributed by atoms with Crippen molar-refractivity contribution in [1.29, 1.82) is 0 Å². The number of alkyl carbamates (subject to hydrolysis) is 1. The average Bonchev–Trinajstić information content (AvgIpc) is 2.90. The summed E-state index contributed by atoms with van der Waals surface area (Å²) in [7, 11) is 0. The quantitative estimate of drug-likeness (QED) is 0.420. The van der Waals surface area contributed by atoms with Gasteiger partial charge in [-0.3, -0.25) is 9.59 Å². The van der Waals surface area contributed by atoms with Crippen LogP contribution in [0.25, 0.3) is 0 Å². The van der Waals surface area contributed by atoms with Crippen LogP contribution in [0.4, 0.5) is 23.7 Å². The Kier molecular flexibility index (Phi) is 7.80. The zero-order chi connectivity index (χ0) is 28.2. The predicted octanol–water partition coefficient (Wildman–Crippen LogP) is 4.90. The molecule has 1 atom stereocenters. The second-order valence-corrected chi connectivity index (χ2v) is 8.99. The van der Waals surface area contributed by atoms with Crippen molar-refractivity contribution in [2.24, 2.45) is 0 Å². The van der Waals surface area contributed by atoms with Crippen LogP contribution in [0.15, 0.2) is 72.8 Å². The number of ether oxygens (including phenoxy) is 2. The average molecular weight is 543 g/mol. The highest BCUT2D eigenvalue weighted by atomic mass is 19.4. The highest BCUT2D eigenvalue weighted by molar-refractivity contribution is 6.03. The molecule has 1 heterocycles. The molecule has 8 nitrogen and oxygen atoms in total. The summed E-state index contributed by atoms with van der Waals surface area (Å²) >= 11 is 0. The number of carbonyl (C=O) groups is 3. The third kappa shape index (κ3) is 6.14. The van der Waals surface area contributed by atoms with Gasteiger partial charge < -0.3 is 24.8 Å². The summed E-state index contributed by atoms with van der Waals surface area (Å²) in [6.45, 7) is 1.23. The molecule has 2 N–H and O–H groups in total. The number of nitrogens with zero attached hydrogens (tertiary/aromatic N) is 1. The van der Waals surface area contributed by atoms with E-state index in [-0.39, 0.29) is 31.1 Å². The largest absolute Gasteiger partial charge is 0.481 e. The van der Waals surface area contributed by atoms with Gasteiger partial charge in [0.05, 0.1) is 17.7 Å². The predicted molar refractivity (Wildman–Crippen MR) is 134 cm³/mol. The van der Waals surface area contributed by atoms with E-state index >= 15 is 0 Å². The van der Waals surface area contributed by atoms with Crippen molar-refractivity contribution in [2.75, 3.05) is 18.0 Å². The third-order valence-corrected chi connectivity index (χ3v) is 6.23. The number of benzene rings is 3. The molecule has 39 heavy (non-hydrogen) atoms. The molecule has 0 fully saturated rings. The van der Waals surface area contributed by atoms with E-state index in [1.807, 2.05) is 6.07 Å². The molecule has 3 aromatic carbocycles. The van der Waals surface area contributed by atoms with Crippen LogP contribution in [0.1, 0.15) is 29.2 Å². The number of hydrogen-bond donors (Lipinski definition) is 2. The van der Waals surface area contributed by atoms with Crippen LogP contribution >= 0.6 is 0 Å². The standard InChI is InChI=1S/C28H25F3N2O6/c1-27(20-10-6-3-7-11-20)25(36)33(13-12-32-26(37)38-17-18-8-4-2-5-9-18)22-14-19(15-24(34)35)21(28(29,30)31)16-23(22)39-27/h2-11,14,16H,12-13,15,17H2,1H3,(H,32,37)(H,34,35)/t27-/m0/s1. The number of carboxylic acid groups (broad SMARTS) is 1. The molecule has 4 rings (SSSR count). The number of carboxylic acids is 1. The highest BCUT2D eigenvalue weighted by Gasteiger charge is 2.47. The Morgan fingerprint density at radius 3 is 2.31 bits per heavy atom. The number of hydrogen-bond acceptors (Lipinski definition) is 5. The lowest BCUT2D eigenvalue weighted by Gasteiger charge is -2.41. The van der Waals surface area contributed by atoms with Gasteiger partial charge in [-0.2, -0.15) is 13.2 Å². The lowest BCUT2D eigenvalue weighted by atomic mass is 9.91. The van der Waals surface area contributed by atoms with Crippen LogP contribution in [-0.4, -0.2) is 36.2 Å². The van der Waals surface area contributed by atoms with E-state index in [1.54, 1.807) is 54.6 Å². The summed E-state index contributed by atoms with van der Waals surface area (Å²) in [5.41, 5.74) is -2.22. The molecule has 0 spiro atoms. The summed E-state index contributed by atoms with van der Waals surface area (Å²) in [5, 5.41) is 11.7. The minimum absolute atomic E-state index is 0.0246. The lowest BCUT2D eigenvalue weighted by Crippen LogP contribution is -2.54. The van der Waals surface area contributed by atoms with Gasteiger partial charge in [0, 0.05) is 18.7 Å². The smallest absolute Gasteiger partial charge is 0.416 e. The van der Waals surface area contributed by atoms with Gasteiger partial charge in [0.2, 0.25) is 5.60 Å². The number of alkyl halides is 3. The van der Waals surface area contributed by atoms with Crippen molar-refractivity contribution in [3.63, 3.8) is 0 Å². The Hall–Kier alpha value is -4.54. The maximum absolute atomic E-state index is 13.9. The van der Waals surface area contributed by atoms with E-state index in [9.17, 15) is 32.7 Å². The first-order chi connectivity index (χ1) is 18.5. The minimum atomic E-state index is -4.86. The molecule has 0 unspecified atom stereocenters. The molecule has 1 aliphatic heterocycles. The van der Waals surface area contributed by atoms with E-state index in [0.29, 0.717) is 5.56 Å². The first-order valence-electron chi connectivity index (χ1n) is 12.0. The SMILES string of the molecule is C[C@@]1(c2ccccc2)Oc2cc(C(F)(F)F)c(CC(=O)O)cc2N(CCNC(=O)OCc2ccccc2)C1=O. The molecule has 3 aromatic rings. The van der Waals surface area contributed by atoms with Gasteiger partial charge in [0.1, 0.15) is 12.4 Å². The maximum Gasteiger partial charge on any atom is 0.416 e. The third-order valence-electron chi connectivity index (χ3n) is 6.23. The zero-order valence-corrected chi connectivity index (χ0v) is 20.8. The van der Waals surface area contributed by atoms with E-state index in [0.717, 1.165) is 17.7 Å². The first kappa shape index (κ1) is 27.5. The van der Waals surface area contributed by atoms with Crippen LogP contribution < -0.4 is 15.0 Å². The van der Waals surface area contributed by atoms with Crippen molar-refractivity contribution in [3.8, 4) is 5.75 Å². The molecule has 0 radical (unpaired) electrons. The van der Waals surface area contributed by atoms with Gasteiger partial charge in [-0.05, 0) is 30.2 Å². The molecule has 0 aliphatic carbocycles. The summed E-state index contributed by atoms with van der Waals surface area (Å²) in [6.07, 6.45) is -6.52. The molecule has 11 heteroatoms. The van der Waals surface area contributed by atoms with Gasteiger partial charge >= 0.3 is 18.2 Å². The Morgan fingerprint density at radius 2 is 1.69 bits per heavy atom. The molecule has 2 amide bonds. The lowest BCUT2D eigenvalue weighted by molar-refractivity contribution is -0.140. The van der Waals surface area contributed by atoms with Crippen molar-refractivity contribution in [2.45, 2.75) is 31.7 Å². The minimum Gasteiger partial charge on any atom is -0.481 e. The number of rotatable bonds is 8. The normalized spacial score (nSPS) is 16.7. The number of aliphatic carboxylic acids is 1. The molecular formula is C28H25F3N2O6. The van der Waals surface area contributed by atoms with Crippen molar-refractivity contribution < 1.29 is 42.1 Å². The topological polar surface area (TPSA) is 105 Å². The number of amides is 2. The second kappa shape index (κ2) is 11.1. The summed E-state index contributed by atoms with van der Waals surface area (Å²) in [6, 6.07) is 19.0. The number of halogens is 3. The van der Waals surface area contributed by atoms with Crippen molar-refractivity contribution >= 4 is 23.7 Å². The molecular weight excluding hydrogens is 517 g/mol. The Balaban J connectivity index is 1.63. The van der Waals surface area contributed by atoms with Crippen molar-refractivity contribution in [3.05, 3.63) is 95.1 Å². The molecule has 0 saturated heterocycles. The van der Waals surface area contributed by atoms with Crippen LogP contribution in [0.2, 0.25) is 0 Å². The fraction of sp³-hybridized carbons (Fsp3) is 0.250. The molecule has 0 saturated carbocycles. The van der Waals surface area contributed by atoms with Gasteiger partial charge in [0.25, 0.3) is 5.91 Å². The maximum atomic E-state index is 13.9. The number of carbonyl (C=O) groups excluding carboxylic acids is 2. The van der Waals surface area contributed by atoms with Gasteiger partial charge in [-0.25, -0.2) is 4.79 Å². The van der Waals surface area contributed by atoms with E-state index in [4.69, 9.17) is 9.47 Å². The number of fused-ring (bicyclic) bond motifs is 1. The monoisotopic (exact) mass is 542 g/mol. The summed E-state index contributed by atoms with van der Waals surface area (Å²) < 4.78 is 52.6. The van der Waals surface area contributed by atoms with Gasteiger partial charge in [-0.15, -0.1) is 0 Å². The van der Waals surface area contributed by atoms with Crippen LogP contribution in [0, 0.1) is 0 Å². The molecule has 1 aliphatic rings. The van der Waals surface area contributed by atoms with Crippen LogP contribution in [0.5, 0.6) is 5.75 Å².